The predicted molar refractivity (Wildman–Crippen MR) is 95.3 cm³/mol. The minimum Gasteiger partial charge on any atom is -0.340 e. The van der Waals surface area contributed by atoms with E-state index < -0.39 is 6.04 Å². The van der Waals surface area contributed by atoms with Crippen molar-refractivity contribution in [2.45, 2.75) is 33.2 Å². The Morgan fingerprint density at radius 2 is 1.62 bits per heavy atom. The molecular weight excluding hydrogens is 300 g/mol. The number of aryl methyl sites for hydroxylation is 3. The van der Waals surface area contributed by atoms with E-state index in [4.69, 9.17) is 0 Å². The predicted octanol–water partition coefficient (Wildman–Crippen LogP) is 3.15. The molecule has 1 fully saturated rings. The van der Waals surface area contributed by atoms with Crippen LogP contribution in [0.15, 0.2) is 42.5 Å². The Morgan fingerprint density at radius 3 is 2.25 bits per heavy atom. The molecule has 0 unspecified atom stereocenters. The summed E-state index contributed by atoms with van der Waals surface area (Å²) in [4.78, 5) is 26.8. The number of benzene rings is 2. The summed E-state index contributed by atoms with van der Waals surface area (Å²) in [7, 11) is 0. The van der Waals surface area contributed by atoms with Gasteiger partial charge in [-0.2, -0.15) is 0 Å². The Morgan fingerprint density at radius 1 is 1.00 bits per heavy atom. The fraction of sp³-hybridized carbons (Fsp3) is 0.300. The van der Waals surface area contributed by atoms with Gasteiger partial charge in [0.2, 0.25) is 5.91 Å². The van der Waals surface area contributed by atoms with Crippen LogP contribution in [0.1, 0.15) is 33.5 Å². The van der Waals surface area contributed by atoms with E-state index in [-0.39, 0.29) is 11.8 Å². The van der Waals surface area contributed by atoms with Crippen LogP contribution in [0, 0.1) is 20.8 Å². The second kappa shape index (κ2) is 6.48. The Hall–Kier alpha value is -2.62. The maximum Gasteiger partial charge on any atom is 0.251 e. The highest BCUT2D eigenvalue weighted by Crippen LogP contribution is 2.22. The third kappa shape index (κ3) is 3.32. The van der Waals surface area contributed by atoms with E-state index in [0.717, 1.165) is 22.4 Å². The van der Waals surface area contributed by atoms with Crippen molar-refractivity contribution < 1.29 is 9.59 Å². The lowest BCUT2D eigenvalue weighted by atomic mass is 10.1. The molecule has 0 radical (unpaired) electrons. The highest BCUT2D eigenvalue weighted by molar-refractivity contribution is 6.04. The molecule has 1 N–H and O–H groups in total. The summed E-state index contributed by atoms with van der Waals surface area (Å²) in [6.45, 7) is 6.56. The Balaban J connectivity index is 1.71. The Kier molecular flexibility index (Phi) is 4.38. The highest BCUT2D eigenvalue weighted by atomic mass is 16.2. The number of anilines is 1. The van der Waals surface area contributed by atoms with Gasteiger partial charge in [0, 0.05) is 17.8 Å². The maximum absolute atomic E-state index is 12.6. The molecule has 0 aromatic heterocycles. The van der Waals surface area contributed by atoms with Crippen molar-refractivity contribution >= 4 is 17.5 Å². The average molecular weight is 322 g/mol. The normalized spacial score (nSPS) is 17.2. The van der Waals surface area contributed by atoms with Crippen LogP contribution in [0.5, 0.6) is 0 Å². The van der Waals surface area contributed by atoms with Crippen LogP contribution >= 0.6 is 0 Å². The van der Waals surface area contributed by atoms with Gasteiger partial charge < -0.3 is 10.2 Å². The van der Waals surface area contributed by atoms with Gasteiger partial charge in [-0.05, 0) is 51.5 Å². The minimum atomic E-state index is -0.459. The third-order valence-electron chi connectivity index (χ3n) is 4.34. The highest BCUT2D eigenvalue weighted by Gasteiger charge is 2.33. The summed E-state index contributed by atoms with van der Waals surface area (Å²) < 4.78 is 0. The summed E-state index contributed by atoms with van der Waals surface area (Å²) in [5, 5.41) is 2.88. The molecule has 24 heavy (non-hydrogen) atoms. The molecule has 2 aromatic carbocycles. The first-order valence-electron chi connectivity index (χ1n) is 8.21. The van der Waals surface area contributed by atoms with E-state index in [1.165, 1.54) is 0 Å². The quantitative estimate of drug-likeness (QED) is 0.944. The van der Waals surface area contributed by atoms with Gasteiger partial charge in [0.15, 0.2) is 0 Å². The van der Waals surface area contributed by atoms with Crippen LogP contribution in [0.3, 0.4) is 0 Å². The summed E-state index contributed by atoms with van der Waals surface area (Å²) in [6.07, 6.45) is 0.628. The van der Waals surface area contributed by atoms with Crippen molar-refractivity contribution in [1.29, 1.82) is 0 Å². The molecule has 1 atom stereocenters. The van der Waals surface area contributed by atoms with Crippen LogP contribution in [0.25, 0.3) is 0 Å². The van der Waals surface area contributed by atoms with Crippen molar-refractivity contribution in [2.75, 3.05) is 11.4 Å². The lowest BCUT2D eigenvalue weighted by Gasteiger charge is -2.17. The number of amides is 2. The van der Waals surface area contributed by atoms with E-state index in [0.29, 0.717) is 18.5 Å². The van der Waals surface area contributed by atoms with Gasteiger partial charge in [-0.25, -0.2) is 0 Å². The van der Waals surface area contributed by atoms with E-state index in [1.807, 2.05) is 63.2 Å². The van der Waals surface area contributed by atoms with E-state index in [1.54, 1.807) is 4.90 Å². The second-order valence-corrected chi connectivity index (χ2v) is 6.52. The number of hydrogen-bond acceptors (Lipinski definition) is 2. The van der Waals surface area contributed by atoms with Crippen LogP contribution in [-0.2, 0) is 4.79 Å². The molecule has 2 aromatic rings. The molecule has 4 nitrogen and oxygen atoms in total. The van der Waals surface area contributed by atoms with Gasteiger partial charge in [0.05, 0.1) is 0 Å². The lowest BCUT2D eigenvalue weighted by Crippen LogP contribution is -2.41. The molecule has 0 spiro atoms. The summed E-state index contributed by atoms with van der Waals surface area (Å²) in [5.74, 6) is -0.234. The first-order chi connectivity index (χ1) is 11.4. The number of nitrogens with one attached hydrogen (secondary N) is 1. The molecule has 1 aliphatic rings. The smallest absolute Gasteiger partial charge is 0.251 e. The molecule has 4 heteroatoms. The first kappa shape index (κ1) is 16.2. The average Bonchev–Trinajstić information content (AvgIpc) is 2.88. The van der Waals surface area contributed by atoms with Crippen molar-refractivity contribution in [2.24, 2.45) is 0 Å². The van der Waals surface area contributed by atoms with Crippen LogP contribution in [0.2, 0.25) is 0 Å². The summed E-state index contributed by atoms with van der Waals surface area (Å²) in [5.41, 5.74) is 4.73. The zero-order chi connectivity index (χ0) is 17.3. The van der Waals surface area contributed by atoms with Crippen LogP contribution in [-0.4, -0.2) is 24.4 Å². The van der Waals surface area contributed by atoms with Crippen molar-refractivity contribution in [3.63, 3.8) is 0 Å². The Bertz CT molecular complexity index is 760. The van der Waals surface area contributed by atoms with E-state index >= 15 is 0 Å². The number of carbonyl (C=O) groups excluding carboxylic acids is 2. The third-order valence-corrected chi connectivity index (χ3v) is 4.34. The van der Waals surface area contributed by atoms with E-state index in [9.17, 15) is 9.59 Å². The number of rotatable bonds is 3. The van der Waals surface area contributed by atoms with Gasteiger partial charge in [0.1, 0.15) is 6.04 Å². The summed E-state index contributed by atoms with van der Waals surface area (Å²) in [6, 6.07) is 13.1. The van der Waals surface area contributed by atoms with Crippen molar-refractivity contribution in [1.82, 2.24) is 5.32 Å². The SMILES string of the molecule is Cc1ccc(N2CC[C@H](NC(=O)c3cc(C)cc(C)c3)C2=O)cc1. The van der Waals surface area contributed by atoms with Gasteiger partial charge in [-0.15, -0.1) is 0 Å². The second-order valence-electron chi connectivity index (χ2n) is 6.52. The van der Waals surface area contributed by atoms with Gasteiger partial charge in [-0.1, -0.05) is 34.9 Å². The maximum atomic E-state index is 12.6. The zero-order valence-corrected chi connectivity index (χ0v) is 14.3. The standard InChI is InChI=1S/C20H22N2O2/c1-13-4-6-17(7-5-13)22-9-8-18(20(22)24)21-19(23)16-11-14(2)10-15(3)12-16/h4-7,10-12,18H,8-9H2,1-3H3,(H,21,23)/t18-/m0/s1. The van der Waals surface area contributed by atoms with E-state index in [2.05, 4.69) is 5.32 Å². The summed E-state index contributed by atoms with van der Waals surface area (Å²) >= 11 is 0. The van der Waals surface area contributed by atoms with Crippen molar-refractivity contribution in [3.8, 4) is 0 Å². The number of nitrogens with zero attached hydrogens (tertiary/aromatic N) is 1. The number of hydrogen-bond donors (Lipinski definition) is 1. The molecule has 0 saturated carbocycles. The molecule has 0 aliphatic carbocycles. The fourth-order valence-electron chi connectivity index (χ4n) is 3.14. The first-order valence-corrected chi connectivity index (χ1v) is 8.21. The van der Waals surface area contributed by atoms with Crippen LogP contribution < -0.4 is 10.2 Å². The molecule has 1 heterocycles. The Labute approximate surface area is 142 Å². The fourth-order valence-corrected chi connectivity index (χ4v) is 3.14. The lowest BCUT2D eigenvalue weighted by molar-refractivity contribution is -0.118. The molecule has 124 valence electrons. The van der Waals surface area contributed by atoms with Gasteiger partial charge in [0.25, 0.3) is 5.91 Å². The molecule has 3 rings (SSSR count). The molecule has 1 aliphatic heterocycles. The van der Waals surface area contributed by atoms with Crippen LogP contribution in [0.4, 0.5) is 5.69 Å². The van der Waals surface area contributed by atoms with Gasteiger partial charge in [-0.3, -0.25) is 9.59 Å². The monoisotopic (exact) mass is 322 g/mol. The molecular formula is C20H22N2O2. The largest absolute Gasteiger partial charge is 0.340 e. The topological polar surface area (TPSA) is 49.4 Å². The zero-order valence-electron chi connectivity index (χ0n) is 14.3. The molecule has 2 amide bonds. The molecule has 1 saturated heterocycles. The number of carbonyl (C=O) groups is 2. The van der Waals surface area contributed by atoms with Crippen molar-refractivity contribution in [3.05, 3.63) is 64.7 Å². The minimum absolute atomic E-state index is 0.0448. The molecule has 0 bridgehead atoms. The van der Waals surface area contributed by atoms with Gasteiger partial charge >= 0.3 is 0 Å².